The average molecular weight is 237 g/mol. The molecular weight excluding hydrogens is 222 g/mol. The fraction of sp³-hybridized carbons (Fsp3) is 0.500. The standard InChI is InChI=1S/C10H15N5O2/c16-8-12-9-5-13-15(6-9)7-10(17)14-3-1-11-2-4-14/h5-6,8,11H,1-4,7H2,(H,12,16). The molecule has 2 amide bonds. The summed E-state index contributed by atoms with van der Waals surface area (Å²) >= 11 is 0. The van der Waals surface area contributed by atoms with E-state index in [0.717, 1.165) is 26.2 Å². The Morgan fingerprint density at radius 2 is 2.29 bits per heavy atom. The van der Waals surface area contributed by atoms with Crippen molar-refractivity contribution in [2.24, 2.45) is 0 Å². The summed E-state index contributed by atoms with van der Waals surface area (Å²) in [4.78, 5) is 23.9. The molecule has 17 heavy (non-hydrogen) atoms. The predicted molar refractivity (Wildman–Crippen MR) is 61.4 cm³/mol. The minimum absolute atomic E-state index is 0.0484. The third-order valence-electron chi connectivity index (χ3n) is 2.63. The maximum Gasteiger partial charge on any atom is 0.244 e. The molecular formula is C10H15N5O2. The van der Waals surface area contributed by atoms with Crippen LogP contribution in [0.15, 0.2) is 12.4 Å². The number of rotatable bonds is 4. The summed E-state index contributed by atoms with van der Waals surface area (Å²) in [7, 11) is 0. The number of anilines is 1. The first-order valence-electron chi connectivity index (χ1n) is 5.51. The van der Waals surface area contributed by atoms with E-state index >= 15 is 0 Å². The molecule has 0 saturated carbocycles. The summed E-state index contributed by atoms with van der Waals surface area (Å²) in [6.45, 7) is 3.35. The van der Waals surface area contributed by atoms with Crippen LogP contribution in [0.3, 0.4) is 0 Å². The van der Waals surface area contributed by atoms with Gasteiger partial charge in [0.15, 0.2) is 0 Å². The van der Waals surface area contributed by atoms with Crippen LogP contribution in [0.1, 0.15) is 0 Å². The Morgan fingerprint density at radius 3 is 3.00 bits per heavy atom. The number of nitrogens with zero attached hydrogens (tertiary/aromatic N) is 3. The van der Waals surface area contributed by atoms with Crippen LogP contribution in [0.5, 0.6) is 0 Å². The van der Waals surface area contributed by atoms with E-state index in [-0.39, 0.29) is 12.5 Å². The quantitative estimate of drug-likeness (QED) is 0.650. The van der Waals surface area contributed by atoms with Crippen LogP contribution in [0, 0.1) is 0 Å². The van der Waals surface area contributed by atoms with Crippen LogP contribution >= 0.6 is 0 Å². The van der Waals surface area contributed by atoms with E-state index in [2.05, 4.69) is 15.7 Å². The van der Waals surface area contributed by atoms with Gasteiger partial charge in [0.05, 0.1) is 11.9 Å². The van der Waals surface area contributed by atoms with E-state index in [1.807, 2.05) is 4.90 Å². The van der Waals surface area contributed by atoms with Crippen molar-refractivity contribution in [1.82, 2.24) is 20.0 Å². The van der Waals surface area contributed by atoms with Crippen LogP contribution in [0.2, 0.25) is 0 Å². The molecule has 0 bridgehead atoms. The third kappa shape index (κ3) is 3.04. The molecule has 2 rings (SSSR count). The molecule has 0 unspecified atom stereocenters. The molecule has 2 heterocycles. The second-order valence-corrected chi connectivity index (χ2v) is 3.82. The van der Waals surface area contributed by atoms with E-state index in [9.17, 15) is 9.59 Å². The van der Waals surface area contributed by atoms with Gasteiger partial charge in [-0.05, 0) is 0 Å². The average Bonchev–Trinajstić information content (AvgIpc) is 2.78. The molecule has 7 heteroatoms. The number of aromatic nitrogens is 2. The first kappa shape index (κ1) is 11.6. The Balaban J connectivity index is 1.90. The molecule has 1 aromatic rings. The molecule has 0 radical (unpaired) electrons. The highest BCUT2D eigenvalue weighted by Gasteiger charge is 2.16. The minimum Gasteiger partial charge on any atom is -0.339 e. The maximum absolute atomic E-state index is 11.9. The fourth-order valence-electron chi connectivity index (χ4n) is 1.75. The van der Waals surface area contributed by atoms with Crippen LogP contribution < -0.4 is 10.6 Å². The topological polar surface area (TPSA) is 79.3 Å². The van der Waals surface area contributed by atoms with Gasteiger partial charge in [0.2, 0.25) is 12.3 Å². The van der Waals surface area contributed by atoms with Crippen molar-refractivity contribution in [2.75, 3.05) is 31.5 Å². The molecule has 0 atom stereocenters. The molecule has 92 valence electrons. The number of carbonyl (C=O) groups is 2. The Morgan fingerprint density at radius 1 is 1.53 bits per heavy atom. The molecule has 1 aromatic heterocycles. The highest BCUT2D eigenvalue weighted by Crippen LogP contribution is 2.04. The predicted octanol–water partition coefficient (Wildman–Crippen LogP) is -1.12. The minimum atomic E-state index is 0.0484. The number of carbonyl (C=O) groups excluding carboxylic acids is 2. The molecule has 1 fully saturated rings. The van der Waals surface area contributed by atoms with Gasteiger partial charge in [0, 0.05) is 32.4 Å². The molecule has 0 aliphatic carbocycles. The highest BCUT2D eigenvalue weighted by molar-refractivity contribution is 5.76. The smallest absolute Gasteiger partial charge is 0.244 e. The first-order valence-corrected chi connectivity index (χ1v) is 5.51. The van der Waals surface area contributed by atoms with E-state index in [4.69, 9.17) is 0 Å². The normalized spacial score (nSPS) is 15.6. The van der Waals surface area contributed by atoms with Gasteiger partial charge in [0.1, 0.15) is 6.54 Å². The molecule has 1 aliphatic rings. The summed E-state index contributed by atoms with van der Waals surface area (Å²) in [6.07, 6.45) is 3.73. The van der Waals surface area contributed by atoms with Crippen LogP contribution in [-0.2, 0) is 16.1 Å². The van der Waals surface area contributed by atoms with Crippen LogP contribution in [-0.4, -0.2) is 53.2 Å². The molecule has 2 N–H and O–H groups in total. The zero-order valence-corrected chi connectivity index (χ0v) is 9.43. The molecule has 1 aliphatic heterocycles. The maximum atomic E-state index is 11.9. The van der Waals surface area contributed by atoms with Crippen molar-refractivity contribution in [3.63, 3.8) is 0 Å². The van der Waals surface area contributed by atoms with Crippen molar-refractivity contribution in [1.29, 1.82) is 0 Å². The monoisotopic (exact) mass is 237 g/mol. The van der Waals surface area contributed by atoms with Crippen molar-refractivity contribution >= 4 is 18.0 Å². The zero-order chi connectivity index (χ0) is 12.1. The van der Waals surface area contributed by atoms with E-state index in [1.165, 1.54) is 10.9 Å². The number of hydrogen-bond donors (Lipinski definition) is 2. The largest absolute Gasteiger partial charge is 0.339 e. The summed E-state index contributed by atoms with van der Waals surface area (Å²) in [5.74, 6) is 0.0484. The Kier molecular flexibility index (Phi) is 3.71. The Labute approximate surface area is 98.8 Å². The molecule has 0 spiro atoms. The third-order valence-corrected chi connectivity index (χ3v) is 2.63. The summed E-state index contributed by atoms with van der Waals surface area (Å²) in [6, 6.07) is 0. The lowest BCUT2D eigenvalue weighted by atomic mass is 10.3. The van der Waals surface area contributed by atoms with Gasteiger partial charge < -0.3 is 15.5 Å². The van der Waals surface area contributed by atoms with Gasteiger partial charge >= 0.3 is 0 Å². The second-order valence-electron chi connectivity index (χ2n) is 3.82. The van der Waals surface area contributed by atoms with E-state index in [0.29, 0.717) is 12.1 Å². The van der Waals surface area contributed by atoms with Gasteiger partial charge in [-0.2, -0.15) is 5.10 Å². The van der Waals surface area contributed by atoms with Crippen molar-refractivity contribution in [3.8, 4) is 0 Å². The SMILES string of the molecule is O=CNc1cnn(CC(=O)N2CCNCC2)c1. The Hall–Kier alpha value is -1.89. The van der Waals surface area contributed by atoms with Gasteiger partial charge in [-0.15, -0.1) is 0 Å². The van der Waals surface area contributed by atoms with Crippen molar-refractivity contribution in [2.45, 2.75) is 6.54 Å². The van der Waals surface area contributed by atoms with Crippen LogP contribution in [0.4, 0.5) is 5.69 Å². The van der Waals surface area contributed by atoms with Gasteiger partial charge in [-0.1, -0.05) is 0 Å². The van der Waals surface area contributed by atoms with E-state index < -0.39 is 0 Å². The summed E-state index contributed by atoms with van der Waals surface area (Å²) < 4.78 is 1.52. The lowest BCUT2D eigenvalue weighted by molar-refractivity contribution is -0.132. The first-order chi connectivity index (χ1) is 8.29. The zero-order valence-electron chi connectivity index (χ0n) is 9.43. The lowest BCUT2D eigenvalue weighted by Gasteiger charge is -2.27. The summed E-state index contributed by atoms with van der Waals surface area (Å²) in [5, 5.41) is 9.67. The molecule has 7 nitrogen and oxygen atoms in total. The van der Waals surface area contributed by atoms with E-state index in [1.54, 1.807) is 6.20 Å². The highest BCUT2D eigenvalue weighted by atomic mass is 16.2. The van der Waals surface area contributed by atoms with Crippen LogP contribution in [0.25, 0.3) is 0 Å². The molecule has 1 saturated heterocycles. The van der Waals surface area contributed by atoms with Gasteiger partial charge in [0.25, 0.3) is 0 Å². The number of amides is 2. The number of piperazine rings is 1. The number of nitrogens with one attached hydrogen (secondary N) is 2. The van der Waals surface area contributed by atoms with Gasteiger partial charge in [-0.25, -0.2) is 0 Å². The second kappa shape index (κ2) is 5.44. The van der Waals surface area contributed by atoms with Crippen molar-refractivity contribution < 1.29 is 9.59 Å². The van der Waals surface area contributed by atoms with Crippen molar-refractivity contribution in [3.05, 3.63) is 12.4 Å². The molecule has 0 aromatic carbocycles. The van der Waals surface area contributed by atoms with Gasteiger partial charge in [-0.3, -0.25) is 14.3 Å². The summed E-state index contributed by atoms with van der Waals surface area (Å²) in [5.41, 5.74) is 0.591. The lowest BCUT2D eigenvalue weighted by Crippen LogP contribution is -2.47. The Bertz CT molecular complexity index is 397. The number of hydrogen-bond acceptors (Lipinski definition) is 4. The fourth-order valence-corrected chi connectivity index (χ4v) is 1.75.